The molecule has 10 heavy (non-hydrogen) atoms. The lowest BCUT2D eigenvalue weighted by atomic mass is 10.3. The molecule has 0 aliphatic rings. The third kappa shape index (κ3) is 1.75. The highest BCUT2D eigenvalue weighted by atomic mass is 79.9. The van der Waals surface area contributed by atoms with Crippen LogP contribution in [0.3, 0.4) is 0 Å². The van der Waals surface area contributed by atoms with Crippen LogP contribution in [0.25, 0.3) is 0 Å². The second kappa shape index (κ2) is 3.63. The van der Waals surface area contributed by atoms with Crippen LogP contribution in [0, 0.1) is 0 Å². The first-order valence-electron chi connectivity index (χ1n) is 2.71. The van der Waals surface area contributed by atoms with E-state index in [0.717, 1.165) is 4.47 Å². The highest BCUT2D eigenvalue weighted by Crippen LogP contribution is 2.22. The molecule has 1 radical (unpaired) electrons. The van der Waals surface area contributed by atoms with Gasteiger partial charge in [0.2, 0.25) is 0 Å². The molecule has 0 unspecified atom stereocenters. The van der Waals surface area contributed by atoms with Crippen molar-refractivity contribution < 1.29 is 9.68 Å². The Labute approximate surface area is 68.3 Å². The molecule has 51 valence electrons. The van der Waals surface area contributed by atoms with E-state index in [9.17, 15) is 0 Å². The molecule has 0 saturated heterocycles. The Balaban J connectivity index is 2.81. The van der Waals surface area contributed by atoms with Crippen LogP contribution in [0.5, 0.6) is 5.75 Å². The van der Waals surface area contributed by atoms with Gasteiger partial charge >= 0.3 is 7.69 Å². The minimum Gasteiger partial charge on any atom is -0.537 e. The molecule has 0 spiro atoms. The van der Waals surface area contributed by atoms with Gasteiger partial charge in [0, 0.05) is 0 Å². The second-order valence-electron chi connectivity index (χ2n) is 1.65. The third-order valence-electron chi connectivity index (χ3n) is 1.02. The standard InChI is InChI=1S/C6H5BBrO2/c8-5-3-1-2-4-6(5)10-7-9/h1-4,9H. The SMILES string of the molecule is O[B]Oc1ccccc1Br. The van der Waals surface area contributed by atoms with Crippen molar-refractivity contribution in [3.63, 3.8) is 0 Å². The van der Waals surface area contributed by atoms with E-state index in [0.29, 0.717) is 13.4 Å². The lowest BCUT2D eigenvalue weighted by molar-refractivity contribution is 0.452. The van der Waals surface area contributed by atoms with E-state index >= 15 is 0 Å². The predicted octanol–water partition coefficient (Wildman–Crippen LogP) is 1.35. The van der Waals surface area contributed by atoms with Gasteiger partial charge < -0.3 is 9.68 Å². The lowest BCUT2D eigenvalue weighted by Gasteiger charge is -2.01. The van der Waals surface area contributed by atoms with Gasteiger partial charge in [-0.05, 0) is 28.1 Å². The topological polar surface area (TPSA) is 29.5 Å². The summed E-state index contributed by atoms with van der Waals surface area (Å²) in [7, 11) is 0.653. The van der Waals surface area contributed by atoms with Crippen LogP contribution in [0.4, 0.5) is 0 Å². The molecular weight excluding hydrogens is 195 g/mol. The van der Waals surface area contributed by atoms with Gasteiger partial charge in [-0.15, -0.1) is 0 Å². The predicted molar refractivity (Wildman–Crippen MR) is 42.7 cm³/mol. The first-order chi connectivity index (χ1) is 4.84. The number of hydrogen-bond donors (Lipinski definition) is 1. The number of benzene rings is 1. The van der Waals surface area contributed by atoms with Crippen LogP contribution in [0.2, 0.25) is 0 Å². The second-order valence-corrected chi connectivity index (χ2v) is 2.51. The van der Waals surface area contributed by atoms with Crippen LogP contribution in [0.15, 0.2) is 28.7 Å². The Morgan fingerprint density at radius 1 is 1.40 bits per heavy atom. The van der Waals surface area contributed by atoms with Crippen molar-refractivity contribution in [3.8, 4) is 5.75 Å². The Hall–Kier alpha value is -0.475. The molecule has 2 nitrogen and oxygen atoms in total. The molecular formula is C6H5BBrO2. The number of hydrogen-bond acceptors (Lipinski definition) is 2. The molecule has 0 aliphatic heterocycles. The molecule has 1 N–H and O–H groups in total. The Kier molecular flexibility index (Phi) is 2.77. The molecule has 1 rings (SSSR count). The molecule has 0 aliphatic carbocycles. The summed E-state index contributed by atoms with van der Waals surface area (Å²) in [5.74, 6) is 0.602. The molecule has 0 aromatic heterocycles. The number of para-hydroxylation sites is 1. The minimum absolute atomic E-state index is 0.602. The highest BCUT2D eigenvalue weighted by molar-refractivity contribution is 9.10. The maximum atomic E-state index is 8.28. The van der Waals surface area contributed by atoms with Gasteiger partial charge in [-0.2, -0.15) is 0 Å². The third-order valence-corrected chi connectivity index (χ3v) is 1.67. The van der Waals surface area contributed by atoms with E-state index in [1.165, 1.54) is 0 Å². The Bertz CT molecular complexity index is 217. The molecule has 0 atom stereocenters. The molecule has 0 saturated carbocycles. The summed E-state index contributed by atoms with van der Waals surface area (Å²) in [6, 6.07) is 7.27. The first-order valence-corrected chi connectivity index (χ1v) is 3.51. The summed E-state index contributed by atoms with van der Waals surface area (Å²) in [5, 5.41) is 8.28. The van der Waals surface area contributed by atoms with E-state index in [-0.39, 0.29) is 0 Å². The van der Waals surface area contributed by atoms with Crippen molar-refractivity contribution in [2.24, 2.45) is 0 Å². The van der Waals surface area contributed by atoms with E-state index in [4.69, 9.17) is 9.68 Å². The van der Waals surface area contributed by atoms with Gasteiger partial charge in [-0.1, -0.05) is 12.1 Å². The molecule has 0 bridgehead atoms. The van der Waals surface area contributed by atoms with Crippen molar-refractivity contribution in [2.45, 2.75) is 0 Å². The molecule has 0 heterocycles. The summed E-state index contributed by atoms with van der Waals surface area (Å²) in [4.78, 5) is 0. The van der Waals surface area contributed by atoms with Gasteiger partial charge in [-0.25, -0.2) is 0 Å². The Morgan fingerprint density at radius 2 is 2.10 bits per heavy atom. The Morgan fingerprint density at radius 3 is 2.70 bits per heavy atom. The lowest BCUT2D eigenvalue weighted by Crippen LogP contribution is -1.99. The highest BCUT2D eigenvalue weighted by Gasteiger charge is 1.97. The number of halogens is 1. The number of rotatable bonds is 2. The fourth-order valence-electron chi connectivity index (χ4n) is 0.597. The molecule has 1 aromatic rings. The normalized spacial score (nSPS) is 9.00. The van der Waals surface area contributed by atoms with Crippen LogP contribution in [-0.2, 0) is 0 Å². The van der Waals surface area contributed by atoms with Crippen molar-refractivity contribution >= 4 is 23.6 Å². The fourth-order valence-corrected chi connectivity index (χ4v) is 0.975. The fraction of sp³-hybridized carbons (Fsp3) is 0. The average molecular weight is 200 g/mol. The minimum atomic E-state index is 0.602. The summed E-state index contributed by atoms with van der Waals surface area (Å²) in [5.41, 5.74) is 0. The summed E-state index contributed by atoms with van der Waals surface area (Å²) < 4.78 is 5.54. The maximum absolute atomic E-state index is 8.28. The summed E-state index contributed by atoms with van der Waals surface area (Å²) >= 11 is 3.24. The van der Waals surface area contributed by atoms with Crippen LogP contribution in [-0.4, -0.2) is 12.7 Å². The maximum Gasteiger partial charge on any atom is 0.569 e. The van der Waals surface area contributed by atoms with Crippen molar-refractivity contribution in [3.05, 3.63) is 28.7 Å². The van der Waals surface area contributed by atoms with Gasteiger partial charge in [0.1, 0.15) is 5.75 Å². The summed E-state index contributed by atoms with van der Waals surface area (Å²) in [6.07, 6.45) is 0. The van der Waals surface area contributed by atoms with Gasteiger partial charge in [0.15, 0.2) is 0 Å². The first kappa shape index (κ1) is 7.63. The average Bonchev–Trinajstić information content (AvgIpc) is 1.94. The van der Waals surface area contributed by atoms with Gasteiger partial charge in [-0.3, -0.25) is 0 Å². The van der Waals surface area contributed by atoms with Gasteiger partial charge in [0.05, 0.1) is 4.47 Å². The summed E-state index contributed by atoms with van der Waals surface area (Å²) in [6.45, 7) is 0. The quantitative estimate of drug-likeness (QED) is 0.730. The van der Waals surface area contributed by atoms with Crippen LogP contribution < -0.4 is 4.65 Å². The monoisotopic (exact) mass is 199 g/mol. The molecule has 0 fully saturated rings. The van der Waals surface area contributed by atoms with E-state index in [1.807, 2.05) is 18.2 Å². The van der Waals surface area contributed by atoms with Crippen molar-refractivity contribution in [2.75, 3.05) is 0 Å². The largest absolute Gasteiger partial charge is 0.569 e. The van der Waals surface area contributed by atoms with Crippen molar-refractivity contribution in [1.82, 2.24) is 0 Å². The molecule has 4 heteroatoms. The zero-order valence-corrected chi connectivity index (χ0v) is 6.71. The zero-order valence-electron chi connectivity index (χ0n) is 5.12. The van der Waals surface area contributed by atoms with E-state index in [2.05, 4.69) is 15.9 Å². The van der Waals surface area contributed by atoms with E-state index in [1.54, 1.807) is 6.07 Å². The van der Waals surface area contributed by atoms with Crippen LogP contribution >= 0.6 is 15.9 Å². The zero-order chi connectivity index (χ0) is 7.40. The van der Waals surface area contributed by atoms with Crippen LogP contribution in [0.1, 0.15) is 0 Å². The van der Waals surface area contributed by atoms with Gasteiger partial charge in [0.25, 0.3) is 0 Å². The van der Waals surface area contributed by atoms with Crippen molar-refractivity contribution in [1.29, 1.82) is 0 Å². The molecule has 1 aromatic carbocycles. The molecule has 0 amide bonds. The smallest absolute Gasteiger partial charge is 0.537 e. The van der Waals surface area contributed by atoms with E-state index < -0.39 is 0 Å².